The van der Waals surface area contributed by atoms with Gasteiger partial charge in [-0.2, -0.15) is 5.10 Å². The molecule has 18 heavy (non-hydrogen) atoms. The maximum atomic E-state index is 11.8. The van der Waals surface area contributed by atoms with Gasteiger partial charge in [0.25, 0.3) is 0 Å². The van der Waals surface area contributed by atoms with Crippen molar-refractivity contribution in [2.45, 2.75) is 45.6 Å². The number of amides is 1. The van der Waals surface area contributed by atoms with Crippen LogP contribution in [0.15, 0.2) is 12.3 Å². The maximum Gasteiger partial charge on any atom is 0.241 e. The first kappa shape index (κ1) is 12.9. The van der Waals surface area contributed by atoms with Crippen molar-refractivity contribution in [3.63, 3.8) is 0 Å². The number of nitrogens with one attached hydrogen (secondary N) is 1. The minimum atomic E-state index is 0.0119. The van der Waals surface area contributed by atoms with Crippen LogP contribution in [0.4, 0.5) is 5.82 Å². The van der Waals surface area contributed by atoms with E-state index in [0.717, 1.165) is 13.0 Å². The highest BCUT2D eigenvalue weighted by molar-refractivity contribution is 5.75. The van der Waals surface area contributed by atoms with Gasteiger partial charge in [-0.15, -0.1) is 0 Å². The fraction of sp³-hybridized carbons (Fsp3) is 0.692. The van der Waals surface area contributed by atoms with Crippen LogP contribution >= 0.6 is 0 Å². The molecule has 1 fully saturated rings. The van der Waals surface area contributed by atoms with Gasteiger partial charge < -0.3 is 11.1 Å². The summed E-state index contributed by atoms with van der Waals surface area (Å²) in [5.74, 6) is 0.460. The predicted octanol–water partition coefficient (Wildman–Crippen LogP) is 1.55. The van der Waals surface area contributed by atoms with Gasteiger partial charge in [-0.05, 0) is 30.7 Å². The Morgan fingerprint density at radius 2 is 2.28 bits per heavy atom. The number of carbonyl (C=O) groups is 1. The van der Waals surface area contributed by atoms with E-state index in [1.54, 1.807) is 16.9 Å². The number of rotatable bonds is 5. The number of hydrogen-bond donors (Lipinski definition) is 2. The average molecular weight is 250 g/mol. The number of nitrogens with zero attached hydrogens (tertiary/aromatic N) is 2. The van der Waals surface area contributed by atoms with Gasteiger partial charge in [0.1, 0.15) is 12.4 Å². The van der Waals surface area contributed by atoms with Crippen LogP contribution in [0.2, 0.25) is 0 Å². The Morgan fingerprint density at radius 3 is 2.83 bits per heavy atom. The minimum Gasteiger partial charge on any atom is -0.382 e. The van der Waals surface area contributed by atoms with Crippen molar-refractivity contribution in [1.29, 1.82) is 0 Å². The third-order valence-electron chi connectivity index (χ3n) is 4.04. The van der Waals surface area contributed by atoms with Crippen LogP contribution in [0.1, 0.15) is 39.0 Å². The molecule has 1 saturated carbocycles. The van der Waals surface area contributed by atoms with Crippen LogP contribution < -0.4 is 11.1 Å². The summed E-state index contributed by atoms with van der Waals surface area (Å²) >= 11 is 0. The van der Waals surface area contributed by atoms with Gasteiger partial charge in [0.15, 0.2) is 0 Å². The molecule has 1 aliphatic carbocycles. The molecule has 5 nitrogen and oxygen atoms in total. The summed E-state index contributed by atoms with van der Waals surface area (Å²) in [5, 5.41) is 7.04. The molecule has 2 rings (SSSR count). The summed E-state index contributed by atoms with van der Waals surface area (Å²) in [6.45, 7) is 3.25. The summed E-state index contributed by atoms with van der Waals surface area (Å²) in [5.41, 5.74) is 5.84. The monoisotopic (exact) mass is 250 g/mol. The van der Waals surface area contributed by atoms with Crippen molar-refractivity contribution in [3.05, 3.63) is 12.3 Å². The van der Waals surface area contributed by atoms with Crippen molar-refractivity contribution in [2.24, 2.45) is 5.41 Å². The molecule has 1 aromatic rings. The summed E-state index contributed by atoms with van der Waals surface area (Å²) in [6, 6.07) is 1.69. The van der Waals surface area contributed by atoms with Gasteiger partial charge in [0.05, 0.1) is 0 Å². The number of anilines is 1. The summed E-state index contributed by atoms with van der Waals surface area (Å²) in [4.78, 5) is 11.8. The van der Waals surface area contributed by atoms with E-state index in [-0.39, 0.29) is 12.5 Å². The second kappa shape index (κ2) is 5.42. The standard InChI is InChI=1S/C13H22N4O/c1-2-13(6-3-4-7-13)10-15-12(18)9-17-8-5-11(14)16-17/h5,8H,2-4,6-7,9-10H2,1H3,(H2,14,16)(H,15,18). The predicted molar refractivity (Wildman–Crippen MR) is 70.8 cm³/mol. The second-order valence-corrected chi connectivity index (χ2v) is 5.28. The summed E-state index contributed by atoms with van der Waals surface area (Å²) < 4.78 is 1.57. The van der Waals surface area contributed by atoms with Gasteiger partial charge in [-0.3, -0.25) is 9.48 Å². The van der Waals surface area contributed by atoms with E-state index in [4.69, 9.17) is 5.73 Å². The molecule has 1 aromatic heterocycles. The van der Waals surface area contributed by atoms with Crippen LogP contribution in [-0.4, -0.2) is 22.2 Å². The lowest BCUT2D eigenvalue weighted by molar-refractivity contribution is -0.122. The molecular weight excluding hydrogens is 228 g/mol. The van der Waals surface area contributed by atoms with Crippen LogP contribution in [-0.2, 0) is 11.3 Å². The van der Waals surface area contributed by atoms with Crippen LogP contribution in [0, 0.1) is 5.41 Å². The molecule has 0 atom stereocenters. The zero-order valence-electron chi connectivity index (χ0n) is 11.0. The molecule has 0 unspecified atom stereocenters. The van der Waals surface area contributed by atoms with Crippen molar-refractivity contribution in [1.82, 2.24) is 15.1 Å². The molecule has 1 amide bonds. The topological polar surface area (TPSA) is 72.9 Å². The Labute approximate surface area is 108 Å². The Morgan fingerprint density at radius 1 is 1.56 bits per heavy atom. The zero-order chi connectivity index (χ0) is 13.0. The van der Waals surface area contributed by atoms with Crippen molar-refractivity contribution in [3.8, 4) is 0 Å². The summed E-state index contributed by atoms with van der Waals surface area (Å²) in [7, 11) is 0. The molecule has 0 saturated heterocycles. The van der Waals surface area contributed by atoms with Gasteiger partial charge in [-0.1, -0.05) is 19.8 Å². The van der Waals surface area contributed by atoms with Crippen molar-refractivity contribution in [2.75, 3.05) is 12.3 Å². The Balaban J connectivity index is 1.81. The van der Waals surface area contributed by atoms with E-state index in [9.17, 15) is 4.79 Å². The highest BCUT2D eigenvalue weighted by Gasteiger charge is 2.32. The largest absolute Gasteiger partial charge is 0.382 e. The highest BCUT2D eigenvalue weighted by atomic mass is 16.2. The van der Waals surface area contributed by atoms with Crippen LogP contribution in [0.3, 0.4) is 0 Å². The lowest BCUT2D eigenvalue weighted by Crippen LogP contribution is -2.37. The van der Waals surface area contributed by atoms with Crippen molar-refractivity contribution >= 4 is 11.7 Å². The smallest absolute Gasteiger partial charge is 0.241 e. The maximum absolute atomic E-state index is 11.8. The van der Waals surface area contributed by atoms with E-state index < -0.39 is 0 Å². The quantitative estimate of drug-likeness (QED) is 0.832. The number of hydrogen-bond acceptors (Lipinski definition) is 3. The fourth-order valence-corrected chi connectivity index (χ4v) is 2.73. The summed E-state index contributed by atoms with van der Waals surface area (Å²) in [6.07, 6.45) is 7.91. The van der Waals surface area contributed by atoms with E-state index in [2.05, 4.69) is 17.3 Å². The molecule has 5 heteroatoms. The molecule has 0 bridgehead atoms. The van der Waals surface area contributed by atoms with Gasteiger partial charge in [-0.25, -0.2) is 0 Å². The van der Waals surface area contributed by atoms with Crippen LogP contribution in [0.25, 0.3) is 0 Å². The number of nitrogens with two attached hydrogens (primary N) is 1. The molecule has 0 aromatic carbocycles. The van der Waals surface area contributed by atoms with Crippen molar-refractivity contribution < 1.29 is 4.79 Å². The molecule has 3 N–H and O–H groups in total. The first-order chi connectivity index (χ1) is 8.63. The molecule has 0 radical (unpaired) electrons. The first-order valence-corrected chi connectivity index (χ1v) is 6.69. The van der Waals surface area contributed by atoms with Gasteiger partial charge >= 0.3 is 0 Å². The van der Waals surface area contributed by atoms with Gasteiger partial charge in [0, 0.05) is 12.7 Å². The third kappa shape index (κ3) is 3.03. The second-order valence-electron chi connectivity index (χ2n) is 5.28. The van der Waals surface area contributed by atoms with Crippen LogP contribution in [0.5, 0.6) is 0 Å². The lowest BCUT2D eigenvalue weighted by Gasteiger charge is -2.27. The molecular formula is C13H22N4O. The zero-order valence-corrected chi connectivity index (χ0v) is 11.0. The number of aromatic nitrogens is 2. The average Bonchev–Trinajstić information content (AvgIpc) is 2.97. The van der Waals surface area contributed by atoms with E-state index in [1.807, 2.05) is 0 Å². The SMILES string of the molecule is CCC1(CNC(=O)Cn2ccc(N)n2)CCCC1. The van der Waals surface area contributed by atoms with E-state index in [0.29, 0.717) is 11.2 Å². The third-order valence-corrected chi connectivity index (χ3v) is 4.04. The Bertz CT molecular complexity index is 407. The molecule has 0 aliphatic heterocycles. The molecule has 1 heterocycles. The fourth-order valence-electron chi connectivity index (χ4n) is 2.73. The van der Waals surface area contributed by atoms with Gasteiger partial charge in [0.2, 0.25) is 5.91 Å². The Kier molecular flexibility index (Phi) is 3.89. The lowest BCUT2D eigenvalue weighted by atomic mass is 9.83. The van der Waals surface area contributed by atoms with E-state index >= 15 is 0 Å². The first-order valence-electron chi connectivity index (χ1n) is 6.69. The molecule has 0 spiro atoms. The van der Waals surface area contributed by atoms with E-state index in [1.165, 1.54) is 25.7 Å². The normalized spacial score (nSPS) is 17.8. The highest BCUT2D eigenvalue weighted by Crippen LogP contribution is 2.40. The molecule has 1 aliphatic rings. The number of carbonyl (C=O) groups excluding carboxylic acids is 1. The number of nitrogen functional groups attached to an aromatic ring is 1. The minimum absolute atomic E-state index is 0.0119. The Hall–Kier alpha value is -1.52. The molecule has 100 valence electrons.